The van der Waals surface area contributed by atoms with Crippen molar-refractivity contribution in [1.29, 1.82) is 0 Å². The number of carbonyl (C=O) groups excluding carboxylic acids is 3. The number of para-hydroxylation sites is 1. The lowest BCUT2D eigenvalue weighted by Crippen LogP contribution is -2.43. The molecule has 3 amide bonds. The first-order valence-corrected chi connectivity index (χ1v) is 7.02. The van der Waals surface area contributed by atoms with Crippen LogP contribution in [0.25, 0.3) is 0 Å². The first-order chi connectivity index (χ1) is 10.0. The Hall–Kier alpha value is -2.08. The lowest BCUT2D eigenvalue weighted by molar-refractivity contribution is -0.139. The summed E-state index contributed by atoms with van der Waals surface area (Å²) in [6.45, 7) is 2.12. The lowest BCUT2D eigenvalue weighted by Gasteiger charge is -2.08. The zero-order valence-electron chi connectivity index (χ0n) is 11.7. The van der Waals surface area contributed by atoms with Crippen molar-refractivity contribution in [2.45, 2.75) is 19.8 Å². The molecule has 6 nitrogen and oxygen atoms in total. The van der Waals surface area contributed by atoms with E-state index in [2.05, 4.69) is 16.0 Å². The topological polar surface area (TPSA) is 87.3 Å². The minimum absolute atomic E-state index is 0.300. The second-order valence-corrected chi connectivity index (χ2v) is 4.73. The van der Waals surface area contributed by atoms with E-state index in [1.54, 1.807) is 24.3 Å². The van der Waals surface area contributed by atoms with Crippen LogP contribution in [0, 0.1) is 0 Å². The van der Waals surface area contributed by atoms with Crippen molar-refractivity contribution in [1.82, 2.24) is 10.6 Å². The summed E-state index contributed by atoms with van der Waals surface area (Å²) >= 11 is 5.89. The Morgan fingerprint density at radius 1 is 1.10 bits per heavy atom. The maximum absolute atomic E-state index is 11.6. The molecule has 21 heavy (non-hydrogen) atoms. The van der Waals surface area contributed by atoms with Crippen LogP contribution in [0.5, 0.6) is 0 Å². The average molecular weight is 312 g/mol. The van der Waals surface area contributed by atoms with Crippen LogP contribution in [-0.2, 0) is 14.4 Å². The first kappa shape index (κ1) is 17.0. The SMILES string of the molecule is CCCCNC(=O)C(=O)NCC(=O)Nc1ccccc1Cl. The van der Waals surface area contributed by atoms with E-state index in [0.29, 0.717) is 17.3 Å². The van der Waals surface area contributed by atoms with E-state index < -0.39 is 17.7 Å². The maximum Gasteiger partial charge on any atom is 0.309 e. The van der Waals surface area contributed by atoms with Crippen molar-refractivity contribution >= 4 is 35.0 Å². The van der Waals surface area contributed by atoms with Gasteiger partial charge in [-0.1, -0.05) is 37.1 Å². The molecule has 0 bridgehead atoms. The Morgan fingerprint density at radius 2 is 1.76 bits per heavy atom. The van der Waals surface area contributed by atoms with Crippen molar-refractivity contribution in [3.05, 3.63) is 29.3 Å². The predicted molar refractivity (Wildman–Crippen MR) is 81.0 cm³/mol. The Labute approximate surface area is 128 Å². The van der Waals surface area contributed by atoms with Gasteiger partial charge in [-0.05, 0) is 18.6 Å². The molecule has 0 aliphatic heterocycles. The number of rotatable bonds is 6. The summed E-state index contributed by atoms with van der Waals surface area (Å²) in [4.78, 5) is 34.4. The molecule has 0 aliphatic carbocycles. The van der Waals surface area contributed by atoms with Crippen LogP contribution in [0.15, 0.2) is 24.3 Å². The molecule has 0 radical (unpaired) electrons. The molecule has 0 atom stereocenters. The van der Waals surface area contributed by atoms with Crippen LogP contribution in [0.1, 0.15) is 19.8 Å². The number of hydrogen-bond donors (Lipinski definition) is 3. The molecule has 0 unspecified atom stereocenters. The number of halogens is 1. The van der Waals surface area contributed by atoms with Gasteiger partial charge < -0.3 is 16.0 Å². The van der Waals surface area contributed by atoms with Gasteiger partial charge in [0.25, 0.3) is 0 Å². The highest BCUT2D eigenvalue weighted by Gasteiger charge is 2.14. The smallest absolute Gasteiger partial charge is 0.309 e. The maximum atomic E-state index is 11.6. The van der Waals surface area contributed by atoms with E-state index in [4.69, 9.17) is 11.6 Å². The van der Waals surface area contributed by atoms with Crippen molar-refractivity contribution in [2.75, 3.05) is 18.4 Å². The molecule has 7 heteroatoms. The Morgan fingerprint density at radius 3 is 2.43 bits per heavy atom. The zero-order valence-corrected chi connectivity index (χ0v) is 12.5. The number of hydrogen-bond acceptors (Lipinski definition) is 3. The normalized spacial score (nSPS) is 9.81. The fraction of sp³-hybridized carbons (Fsp3) is 0.357. The van der Waals surface area contributed by atoms with Crippen LogP contribution in [0.4, 0.5) is 5.69 Å². The van der Waals surface area contributed by atoms with Crippen LogP contribution in [-0.4, -0.2) is 30.8 Å². The molecule has 0 saturated carbocycles. The third-order valence-corrected chi connectivity index (χ3v) is 2.91. The van der Waals surface area contributed by atoms with Crippen LogP contribution < -0.4 is 16.0 Å². The van der Waals surface area contributed by atoms with Gasteiger partial charge in [0.05, 0.1) is 17.3 Å². The van der Waals surface area contributed by atoms with Gasteiger partial charge in [-0.3, -0.25) is 14.4 Å². The second-order valence-electron chi connectivity index (χ2n) is 4.32. The van der Waals surface area contributed by atoms with Crippen LogP contribution >= 0.6 is 11.6 Å². The standard InChI is InChI=1S/C14H18ClN3O3/c1-2-3-8-16-13(20)14(21)17-9-12(19)18-11-7-5-4-6-10(11)15/h4-7H,2-3,8-9H2,1H3,(H,16,20)(H,17,21)(H,18,19). The first-order valence-electron chi connectivity index (χ1n) is 6.65. The molecule has 0 aromatic heterocycles. The van der Waals surface area contributed by atoms with Gasteiger partial charge >= 0.3 is 11.8 Å². The van der Waals surface area contributed by atoms with Gasteiger partial charge in [-0.15, -0.1) is 0 Å². The molecular formula is C14H18ClN3O3. The van der Waals surface area contributed by atoms with Crippen molar-refractivity contribution in [2.24, 2.45) is 0 Å². The van der Waals surface area contributed by atoms with Gasteiger partial charge in [-0.2, -0.15) is 0 Å². The molecule has 114 valence electrons. The van der Waals surface area contributed by atoms with Crippen molar-refractivity contribution < 1.29 is 14.4 Å². The fourth-order valence-electron chi connectivity index (χ4n) is 1.46. The number of benzene rings is 1. The molecule has 0 saturated heterocycles. The molecule has 1 aromatic carbocycles. The van der Waals surface area contributed by atoms with Crippen molar-refractivity contribution in [3.63, 3.8) is 0 Å². The largest absolute Gasteiger partial charge is 0.348 e. The lowest BCUT2D eigenvalue weighted by atomic mass is 10.3. The molecule has 1 rings (SSSR count). The molecule has 1 aromatic rings. The predicted octanol–water partition coefficient (Wildman–Crippen LogP) is 1.31. The summed E-state index contributed by atoms with van der Waals surface area (Å²) in [5.74, 6) is -2.03. The van der Waals surface area contributed by atoms with Crippen LogP contribution in [0.3, 0.4) is 0 Å². The quantitative estimate of drug-likeness (QED) is 0.547. The molecule has 3 N–H and O–H groups in total. The third kappa shape index (κ3) is 6.27. The minimum atomic E-state index is -0.833. The number of anilines is 1. The van der Waals surface area contributed by atoms with Crippen molar-refractivity contribution in [3.8, 4) is 0 Å². The third-order valence-electron chi connectivity index (χ3n) is 2.58. The summed E-state index contributed by atoms with van der Waals surface area (Å²) in [6.07, 6.45) is 1.72. The molecule has 0 heterocycles. The highest BCUT2D eigenvalue weighted by molar-refractivity contribution is 6.35. The zero-order chi connectivity index (χ0) is 15.7. The Bertz CT molecular complexity index is 520. The molecule has 0 spiro atoms. The minimum Gasteiger partial charge on any atom is -0.348 e. The van der Waals surface area contributed by atoms with E-state index in [0.717, 1.165) is 12.8 Å². The van der Waals surface area contributed by atoms with E-state index >= 15 is 0 Å². The summed E-state index contributed by atoms with van der Waals surface area (Å²) in [6, 6.07) is 6.73. The Balaban J connectivity index is 2.34. The summed E-state index contributed by atoms with van der Waals surface area (Å²) < 4.78 is 0. The monoisotopic (exact) mass is 311 g/mol. The van der Waals surface area contributed by atoms with E-state index in [1.807, 2.05) is 6.92 Å². The second kappa shape index (κ2) is 8.97. The number of nitrogens with one attached hydrogen (secondary N) is 3. The summed E-state index contributed by atoms with van der Waals surface area (Å²) in [5.41, 5.74) is 0.450. The van der Waals surface area contributed by atoms with Gasteiger partial charge in [-0.25, -0.2) is 0 Å². The summed E-state index contributed by atoms with van der Waals surface area (Å²) in [7, 11) is 0. The van der Waals surface area contributed by atoms with E-state index in [-0.39, 0.29) is 6.54 Å². The van der Waals surface area contributed by atoms with Gasteiger partial charge in [0.1, 0.15) is 0 Å². The van der Waals surface area contributed by atoms with E-state index in [9.17, 15) is 14.4 Å². The van der Waals surface area contributed by atoms with Crippen LogP contribution in [0.2, 0.25) is 5.02 Å². The van der Waals surface area contributed by atoms with Gasteiger partial charge in [0.15, 0.2) is 0 Å². The fourth-order valence-corrected chi connectivity index (χ4v) is 1.64. The summed E-state index contributed by atoms with van der Waals surface area (Å²) in [5, 5.41) is 7.64. The number of carbonyl (C=O) groups is 3. The molecule has 0 fully saturated rings. The highest BCUT2D eigenvalue weighted by Crippen LogP contribution is 2.19. The highest BCUT2D eigenvalue weighted by atomic mass is 35.5. The Kier molecular flexibility index (Phi) is 7.25. The number of amides is 3. The van der Waals surface area contributed by atoms with Gasteiger partial charge in [0.2, 0.25) is 5.91 Å². The molecular weight excluding hydrogens is 294 g/mol. The van der Waals surface area contributed by atoms with E-state index in [1.165, 1.54) is 0 Å². The average Bonchev–Trinajstić information content (AvgIpc) is 2.47. The number of unbranched alkanes of at least 4 members (excludes halogenated alkanes) is 1. The van der Waals surface area contributed by atoms with Gasteiger partial charge in [0, 0.05) is 6.54 Å². The molecule has 0 aliphatic rings.